The number of fused-ring (bicyclic) bond motifs is 1. The first-order valence-electron chi connectivity index (χ1n) is 9.66. The minimum Gasteiger partial charge on any atom is -0.475 e. The zero-order chi connectivity index (χ0) is 21.7. The number of aromatic nitrogens is 4. The topological polar surface area (TPSA) is 93.4 Å². The molecule has 0 bridgehead atoms. The Morgan fingerprint density at radius 3 is 2.63 bits per heavy atom. The molecule has 1 N–H and O–H groups in total. The minimum atomic E-state index is -5.08. The second-order valence-electron chi connectivity index (χ2n) is 7.38. The quantitative estimate of drug-likeness (QED) is 0.800. The Kier molecular flexibility index (Phi) is 7.03. The van der Waals surface area contributed by atoms with Crippen molar-refractivity contribution in [2.24, 2.45) is 13.0 Å². The van der Waals surface area contributed by atoms with Gasteiger partial charge in [-0.1, -0.05) is 0 Å². The number of halogens is 3. The summed E-state index contributed by atoms with van der Waals surface area (Å²) in [5.41, 5.74) is 4.63. The van der Waals surface area contributed by atoms with E-state index in [4.69, 9.17) is 14.6 Å². The summed E-state index contributed by atoms with van der Waals surface area (Å²) in [6.07, 6.45) is 3.74. The van der Waals surface area contributed by atoms with Gasteiger partial charge in [-0.3, -0.25) is 4.68 Å². The number of carboxylic acid groups (broad SMARTS) is 1. The number of nitrogens with zero attached hydrogens (tertiary/aromatic N) is 5. The normalized spacial score (nSPS) is 19.5. The number of carbonyl (C=O) groups is 1. The van der Waals surface area contributed by atoms with Gasteiger partial charge in [0.2, 0.25) is 0 Å². The summed E-state index contributed by atoms with van der Waals surface area (Å²) in [5, 5.41) is 11.4. The van der Waals surface area contributed by atoms with Crippen molar-refractivity contribution in [3.05, 3.63) is 30.0 Å². The molecule has 0 saturated carbocycles. The van der Waals surface area contributed by atoms with Gasteiger partial charge in [0, 0.05) is 62.7 Å². The van der Waals surface area contributed by atoms with Gasteiger partial charge in [0.05, 0.1) is 18.5 Å². The lowest BCUT2D eigenvalue weighted by Gasteiger charge is -2.22. The molecule has 2 aromatic rings. The molecule has 11 heteroatoms. The van der Waals surface area contributed by atoms with Crippen LogP contribution in [0.5, 0.6) is 0 Å². The SMILES string of the molecule is Cn1cc(-c2ncnc3c2CCN(CC2CCOC2)CC3)cn1.O=C(O)C(F)(F)F. The first-order chi connectivity index (χ1) is 14.2. The largest absolute Gasteiger partial charge is 0.490 e. The Bertz CT molecular complexity index is 865. The molecule has 1 atom stereocenters. The van der Waals surface area contributed by atoms with Crippen molar-refractivity contribution in [3.63, 3.8) is 0 Å². The van der Waals surface area contributed by atoms with E-state index < -0.39 is 12.1 Å². The Labute approximate surface area is 171 Å². The van der Waals surface area contributed by atoms with Crippen LogP contribution in [-0.4, -0.2) is 74.7 Å². The van der Waals surface area contributed by atoms with E-state index in [0.29, 0.717) is 5.92 Å². The lowest BCUT2D eigenvalue weighted by molar-refractivity contribution is -0.192. The van der Waals surface area contributed by atoms with Gasteiger partial charge in [0.1, 0.15) is 6.33 Å². The fourth-order valence-electron chi connectivity index (χ4n) is 3.64. The van der Waals surface area contributed by atoms with Crippen molar-refractivity contribution in [1.82, 2.24) is 24.6 Å². The number of rotatable bonds is 3. The van der Waals surface area contributed by atoms with Crippen molar-refractivity contribution < 1.29 is 27.8 Å². The highest BCUT2D eigenvalue weighted by atomic mass is 19.4. The minimum absolute atomic E-state index is 0.695. The summed E-state index contributed by atoms with van der Waals surface area (Å²) in [7, 11) is 1.94. The molecule has 2 aliphatic heterocycles. The molecular formula is C19H24F3N5O3. The molecule has 0 aromatic carbocycles. The van der Waals surface area contributed by atoms with E-state index >= 15 is 0 Å². The molecule has 4 heterocycles. The molecule has 0 aliphatic carbocycles. The zero-order valence-electron chi connectivity index (χ0n) is 16.6. The van der Waals surface area contributed by atoms with E-state index in [0.717, 1.165) is 56.9 Å². The van der Waals surface area contributed by atoms with Crippen LogP contribution in [-0.2, 0) is 29.4 Å². The van der Waals surface area contributed by atoms with Crippen LogP contribution in [0, 0.1) is 5.92 Å². The monoisotopic (exact) mass is 427 g/mol. The summed E-state index contributed by atoms with van der Waals surface area (Å²) >= 11 is 0. The van der Waals surface area contributed by atoms with E-state index in [1.54, 1.807) is 6.33 Å². The smallest absolute Gasteiger partial charge is 0.475 e. The fourth-order valence-corrected chi connectivity index (χ4v) is 3.64. The lowest BCUT2D eigenvalue weighted by Crippen LogP contribution is -2.32. The van der Waals surface area contributed by atoms with Crippen LogP contribution in [0.4, 0.5) is 13.2 Å². The number of alkyl halides is 3. The molecule has 1 saturated heterocycles. The molecule has 30 heavy (non-hydrogen) atoms. The summed E-state index contributed by atoms with van der Waals surface area (Å²) < 4.78 is 39.1. The molecule has 2 aliphatic rings. The van der Waals surface area contributed by atoms with Gasteiger partial charge in [-0.05, 0) is 18.8 Å². The standard InChI is InChI=1S/C17H23N5O.C2HF3O2/c1-21-10-14(8-20-21)17-15-2-5-22(9-13-4-7-23-11-13)6-3-16(15)18-12-19-17;3-2(4,5)1(6)7/h8,10,12-13H,2-7,9,11H2,1H3;(H,6,7). The van der Waals surface area contributed by atoms with Gasteiger partial charge < -0.3 is 14.7 Å². The maximum atomic E-state index is 10.6. The van der Waals surface area contributed by atoms with Crippen LogP contribution >= 0.6 is 0 Å². The summed E-state index contributed by atoms with van der Waals surface area (Å²) in [6.45, 7) is 5.14. The fraction of sp³-hybridized carbons (Fsp3) is 0.579. The van der Waals surface area contributed by atoms with Crippen molar-refractivity contribution in [2.45, 2.75) is 25.4 Å². The van der Waals surface area contributed by atoms with Gasteiger partial charge >= 0.3 is 12.1 Å². The van der Waals surface area contributed by atoms with Crippen molar-refractivity contribution in [2.75, 3.05) is 32.8 Å². The number of hydrogen-bond acceptors (Lipinski definition) is 6. The van der Waals surface area contributed by atoms with E-state index in [2.05, 4.69) is 20.0 Å². The van der Waals surface area contributed by atoms with Crippen molar-refractivity contribution in [1.29, 1.82) is 0 Å². The average Bonchev–Trinajstić information content (AvgIpc) is 3.30. The van der Waals surface area contributed by atoms with E-state index in [9.17, 15) is 13.2 Å². The van der Waals surface area contributed by atoms with Crippen molar-refractivity contribution >= 4 is 5.97 Å². The molecule has 4 rings (SSSR count). The first kappa shape index (κ1) is 22.2. The number of aryl methyl sites for hydroxylation is 1. The molecule has 0 radical (unpaired) electrons. The summed E-state index contributed by atoms with van der Waals surface area (Å²) in [4.78, 5) is 20.6. The maximum absolute atomic E-state index is 10.6. The number of hydrogen-bond donors (Lipinski definition) is 1. The highest BCUT2D eigenvalue weighted by Gasteiger charge is 2.38. The summed E-state index contributed by atoms with van der Waals surface area (Å²) in [5.74, 6) is -2.06. The van der Waals surface area contributed by atoms with E-state index in [1.807, 2.05) is 24.1 Å². The molecule has 2 aromatic heterocycles. The lowest BCUT2D eigenvalue weighted by atomic mass is 10.0. The van der Waals surface area contributed by atoms with Gasteiger partial charge in [0.25, 0.3) is 0 Å². The number of aliphatic carboxylic acids is 1. The summed E-state index contributed by atoms with van der Waals surface area (Å²) in [6, 6.07) is 0. The van der Waals surface area contributed by atoms with Crippen LogP contribution in [0.15, 0.2) is 18.7 Å². The third-order valence-corrected chi connectivity index (χ3v) is 5.14. The molecule has 0 amide bonds. The second-order valence-corrected chi connectivity index (χ2v) is 7.38. The predicted octanol–water partition coefficient (Wildman–Crippen LogP) is 1.95. The molecule has 1 fully saturated rings. The molecule has 164 valence electrons. The van der Waals surface area contributed by atoms with Crippen molar-refractivity contribution in [3.8, 4) is 11.3 Å². The van der Waals surface area contributed by atoms with E-state index in [1.165, 1.54) is 17.7 Å². The van der Waals surface area contributed by atoms with Gasteiger partial charge in [-0.15, -0.1) is 0 Å². The number of carboxylic acids is 1. The van der Waals surface area contributed by atoms with Crippen LogP contribution in [0.1, 0.15) is 17.7 Å². The number of ether oxygens (including phenoxy) is 1. The highest BCUT2D eigenvalue weighted by molar-refractivity contribution is 5.73. The molecule has 0 spiro atoms. The molecule has 1 unspecified atom stereocenters. The highest BCUT2D eigenvalue weighted by Crippen LogP contribution is 2.26. The van der Waals surface area contributed by atoms with Crippen LogP contribution in [0.3, 0.4) is 0 Å². The Morgan fingerprint density at radius 2 is 2.03 bits per heavy atom. The Hall–Kier alpha value is -2.53. The van der Waals surface area contributed by atoms with Gasteiger partial charge in [0.15, 0.2) is 0 Å². The Balaban J connectivity index is 0.000000318. The van der Waals surface area contributed by atoms with Crippen LogP contribution in [0.2, 0.25) is 0 Å². The Morgan fingerprint density at radius 1 is 1.30 bits per heavy atom. The second kappa shape index (κ2) is 9.52. The molecule has 8 nitrogen and oxygen atoms in total. The maximum Gasteiger partial charge on any atom is 0.490 e. The van der Waals surface area contributed by atoms with Crippen LogP contribution in [0.25, 0.3) is 11.3 Å². The average molecular weight is 427 g/mol. The van der Waals surface area contributed by atoms with Gasteiger partial charge in [-0.2, -0.15) is 18.3 Å². The zero-order valence-corrected chi connectivity index (χ0v) is 16.6. The van der Waals surface area contributed by atoms with Crippen LogP contribution < -0.4 is 0 Å². The first-order valence-corrected chi connectivity index (χ1v) is 9.66. The third kappa shape index (κ3) is 5.76. The molecular weight excluding hydrogens is 403 g/mol. The van der Waals surface area contributed by atoms with E-state index in [-0.39, 0.29) is 0 Å². The predicted molar refractivity (Wildman–Crippen MR) is 101 cm³/mol. The third-order valence-electron chi connectivity index (χ3n) is 5.14. The van der Waals surface area contributed by atoms with Gasteiger partial charge in [-0.25, -0.2) is 14.8 Å².